The summed E-state index contributed by atoms with van der Waals surface area (Å²) in [6.07, 6.45) is 5.05. The second-order valence-electron chi connectivity index (χ2n) is 5.36. The van der Waals surface area contributed by atoms with Crippen LogP contribution in [0.25, 0.3) is 0 Å². The largest absolute Gasteiger partial charge is 0.481 e. The highest BCUT2D eigenvalue weighted by Crippen LogP contribution is 2.28. The zero-order chi connectivity index (χ0) is 13.7. The molecule has 0 aliphatic carbocycles. The zero-order valence-corrected chi connectivity index (χ0v) is 11.5. The minimum atomic E-state index is -0.648. The molecule has 2 atom stereocenters. The Kier molecular flexibility index (Phi) is 4.96. The van der Waals surface area contributed by atoms with E-state index in [1.807, 2.05) is 18.2 Å². The Hall–Kier alpha value is -1.36. The van der Waals surface area contributed by atoms with Crippen molar-refractivity contribution in [2.24, 2.45) is 11.8 Å². The van der Waals surface area contributed by atoms with E-state index in [0.717, 1.165) is 37.9 Å². The van der Waals surface area contributed by atoms with E-state index in [9.17, 15) is 9.90 Å². The number of carbonyl (C=O) groups is 1. The van der Waals surface area contributed by atoms with E-state index in [1.165, 1.54) is 0 Å². The molecule has 0 amide bonds. The number of carboxylic acids is 1. The molecular weight excluding hydrogens is 239 g/mol. The Bertz CT molecular complexity index is 413. The molecule has 0 spiro atoms. The van der Waals surface area contributed by atoms with Gasteiger partial charge in [0.25, 0.3) is 0 Å². The van der Waals surface area contributed by atoms with Crippen LogP contribution in [0.3, 0.4) is 0 Å². The van der Waals surface area contributed by atoms with Crippen molar-refractivity contribution in [3.63, 3.8) is 0 Å². The van der Waals surface area contributed by atoms with Crippen LogP contribution in [0, 0.1) is 11.8 Å². The number of nitrogens with zero attached hydrogens (tertiary/aromatic N) is 2. The molecule has 0 unspecified atom stereocenters. The molecular formula is C14H21BN2O2. The van der Waals surface area contributed by atoms with E-state index in [1.54, 1.807) is 6.20 Å². The highest BCUT2D eigenvalue weighted by molar-refractivity contribution is 6.08. The second kappa shape index (κ2) is 6.71. The van der Waals surface area contributed by atoms with Gasteiger partial charge in [-0.2, -0.15) is 0 Å². The Morgan fingerprint density at radius 2 is 2.32 bits per heavy atom. The van der Waals surface area contributed by atoms with Crippen molar-refractivity contribution in [3.05, 3.63) is 30.1 Å². The molecule has 1 fully saturated rings. The van der Waals surface area contributed by atoms with Crippen LogP contribution in [-0.2, 0) is 11.3 Å². The fourth-order valence-corrected chi connectivity index (χ4v) is 2.85. The van der Waals surface area contributed by atoms with Crippen molar-refractivity contribution in [1.29, 1.82) is 0 Å². The number of carboxylic acid groups (broad SMARTS) is 1. The maximum Gasteiger partial charge on any atom is 0.308 e. The van der Waals surface area contributed by atoms with E-state index in [0.29, 0.717) is 12.5 Å². The molecule has 2 heterocycles. The molecule has 1 aromatic heterocycles. The smallest absolute Gasteiger partial charge is 0.308 e. The van der Waals surface area contributed by atoms with Gasteiger partial charge in [0.1, 0.15) is 7.85 Å². The lowest BCUT2D eigenvalue weighted by atomic mass is 9.88. The zero-order valence-electron chi connectivity index (χ0n) is 11.5. The molecule has 1 aromatic rings. The van der Waals surface area contributed by atoms with Gasteiger partial charge in [0.2, 0.25) is 0 Å². The summed E-state index contributed by atoms with van der Waals surface area (Å²) in [5.41, 5.74) is 1.02. The predicted octanol–water partition coefficient (Wildman–Crippen LogP) is 1.05. The summed E-state index contributed by atoms with van der Waals surface area (Å²) in [5, 5.41) is 9.32. The maximum absolute atomic E-state index is 11.3. The molecule has 5 heteroatoms. The molecule has 4 nitrogen and oxygen atoms in total. The van der Waals surface area contributed by atoms with Crippen molar-refractivity contribution in [2.45, 2.75) is 25.7 Å². The number of aliphatic carboxylic acids is 1. The number of pyridine rings is 1. The fraction of sp³-hybridized carbons (Fsp3) is 0.571. The van der Waals surface area contributed by atoms with Gasteiger partial charge >= 0.3 is 5.97 Å². The summed E-state index contributed by atoms with van der Waals surface area (Å²) in [6.45, 7) is 2.29. The molecule has 0 saturated carbocycles. The lowest BCUT2D eigenvalue weighted by molar-refractivity contribution is -0.142. The number of aromatic nitrogens is 1. The van der Waals surface area contributed by atoms with E-state index < -0.39 is 5.97 Å². The molecule has 1 aliphatic rings. The third kappa shape index (κ3) is 3.80. The Balaban J connectivity index is 1.95. The monoisotopic (exact) mass is 260 g/mol. The molecule has 19 heavy (non-hydrogen) atoms. The van der Waals surface area contributed by atoms with Crippen LogP contribution in [0.5, 0.6) is 0 Å². The van der Waals surface area contributed by atoms with Crippen molar-refractivity contribution in [2.75, 3.05) is 13.1 Å². The molecule has 2 rings (SSSR count). The van der Waals surface area contributed by atoms with Gasteiger partial charge in [0.15, 0.2) is 0 Å². The van der Waals surface area contributed by atoms with E-state index >= 15 is 0 Å². The summed E-state index contributed by atoms with van der Waals surface area (Å²) in [5.74, 6) is -0.568. The minimum Gasteiger partial charge on any atom is -0.481 e. The number of likely N-dealkylation sites (tertiary alicyclic amines) is 1. The van der Waals surface area contributed by atoms with Gasteiger partial charge in [-0.05, 0) is 24.5 Å². The first-order valence-electron chi connectivity index (χ1n) is 7.05. The first-order valence-corrected chi connectivity index (χ1v) is 7.05. The quantitative estimate of drug-likeness (QED) is 0.777. The molecule has 1 saturated heterocycles. The van der Waals surface area contributed by atoms with Crippen LogP contribution in [0.4, 0.5) is 0 Å². The first kappa shape index (κ1) is 14.1. The van der Waals surface area contributed by atoms with Crippen LogP contribution >= 0.6 is 0 Å². The number of rotatable bonds is 6. The van der Waals surface area contributed by atoms with Gasteiger partial charge in [0, 0.05) is 25.8 Å². The highest BCUT2D eigenvalue weighted by Gasteiger charge is 2.36. The van der Waals surface area contributed by atoms with Gasteiger partial charge in [-0.15, -0.1) is 0 Å². The van der Waals surface area contributed by atoms with E-state index in [4.69, 9.17) is 0 Å². The molecule has 0 aromatic carbocycles. The Morgan fingerprint density at radius 3 is 2.95 bits per heavy atom. The van der Waals surface area contributed by atoms with Crippen molar-refractivity contribution in [1.82, 2.24) is 9.88 Å². The summed E-state index contributed by atoms with van der Waals surface area (Å²) >= 11 is 0. The summed E-state index contributed by atoms with van der Waals surface area (Å²) in [6, 6.07) is 5.87. The van der Waals surface area contributed by atoms with Crippen LogP contribution in [0.1, 0.15) is 18.5 Å². The standard InChI is InChI=1S/C14H21BN2O2/c15-6-3-4-11-8-17(10-13(11)14(18)19)9-12-5-1-2-7-16-12/h1-2,5,7,11,13H,3-4,6,8-10,15H2,(H,18,19)/t11-,13+/m0/s1. The normalized spacial score (nSPS) is 23.6. The van der Waals surface area contributed by atoms with Crippen molar-refractivity contribution < 1.29 is 9.90 Å². The maximum atomic E-state index is 11.3. The molecule has 0 bridgehead atoms. The highest BCUT2D eigenvalue weighted by atomic mass is 16.4. The lowest BCUT2D eigenvalue weighted by Gasteiger charge is -2.15. The number of hydrogen-bond donors (Lipinski definition) is 1. The lowest BCUT2D eigenvalue weighted by Crippen LogP contribution is -2.23. The minimum absolute atomic E-state index is 0.213. The van der Waals surface area contributed by atoms with E-state index in [-0.39, 0.29) is 5.92 Å². The molecule has 1 N–H and O–H groups in total. The topological polar surface area (TPSA) is 53.4 Å². The average Bonchev–Trinajstić information content (AvgIpc) is 2.80. The van der Waals surface area contributed by atoms with Crippen LogP contribution in [0.15, 0.2) is 24.4 Å². The summed E-state index contributed by atoms with van der Waals surface area (Å²) < 4.78 is 0. The van der Waals surface area contributed by atoms with Crippen molar-refractivity contribution >= 4 is 13.8 Å². The van der Waals surface area contributed by atoms with Gasteiger partial charge in [0.05, 0.1) is 11.6 Å². The van der Waals surface area contributed by atoms with E-state index in [2.05, 4.69) is 17.7 Å². The molecule has 1 aliphatic heterocycles. The first-order chi connectivity index (χ1) is 9.20. The third-order valence-electron chi connectivity index (χ3n) is 3.87. The average molecular weight is 260 g/mol. The van der Waals surface area contributed by atoms with Crippen molar-refractivity contribution in [3.8, 4) is 0 Å². The van der Waals surface area contributed by atoms with Gasteiger partial charge < -0.3 is 5.11 Å². The molecule has 102 valence electrons. The van der Waals surface area contributed by atoms with Crippen LogP contribution in [0.2, 0.25) is 6.32 Å². The third-order valence-corrected chi connectivity index (χ3v) is 3.87. The Labute approximate surface area is 115 Å². The fourth-order valence-electron chi connectivity index (χ4n) is 2.85. The van der Waals surface area contributed by atoms with Gasteiger partial charge in [-0.25, -0.2) is 0 Å². The van der Waals surface area contributed by atoms with Crippen LogP contribution in [-0.4, -0.2) is 41.9 Å². The molecule has 0 radical (unpaired) electrons. The van der Waals surface area contributed by atoms with Gasteiger partial charge in [-0.3, -0.25) is 14.7 Å². The summed E-state index contributed by atoms with van der Waals surface area (Å²) in [4.78, 5) is 17.9. The van der Waals surface area contributed by atoms with Crippen LogP contribution < -0.4 is 0 Å². The predicted molar refractivity (Wildman–Crippen MR) is 76.7 cm³/mol. The Morgan fingerprint density at radius 1 is 1.47 bits per heavy atom. The number of hydrogen-bond acceptors (Lipinski definition) is 3. The SMILES string of the molecule is BCCC[C@H]1CN(Cc2ccccn2)C[C@H]1C(=O)O. The summed E-state index contributed by atoms with van der Waals surface area (Å²) in [7, 11) is 2.15. The second-order valence-corrected chi connectivity index (χ2v) is 5.36. The van der Waals surface area contributed by atoms with Gasteiger partial charge in [-0.1, -0.05) is 18.8 Å².